The van der Waals surface area contributed by atoms with E-state index >= 15 is 0 Å². The lowest BCUT2D eigenvalue weighted by molar-refractivity contribution is 0.0999. The highest BCUT2D eigenvalue weighted by atomic mass is 16.2. The second kappa shape index (κ2) is 3.65. The lowest BCUT2D eigenvalue weighted by atomic mass is 10.00. The molecule has 1 aliphatic carbocycles. The zero-order chi connectivity index (χ0) is 13.7. The van der Waals surface area contributed by atoms with Crippen molar-refractivity contribution in [3.63, 3.8) is 0 Å². The molecular formula is C14H10N2O3. The van der Waals surface area contributed by atoms with Gasteiger partial charge in [-0.3, -0.25) is 14.4 Å². The minimum Gasteiger partial charge on any atom is -0.365 e. The fraction of sp³-hybridized carbons (Fsp3) is 0.0714. The number of primary amides is 1. The van der Waals surface area contributed by atoms with Gasteiger partial charge >= 0.3 is 0 Å². The van der Waals surface area contributed by atoms with Crippen LogP contribution in [-0.4, -0.2) is 16.7 Å². The molecule has 5 nitrogen and oxygen atoms in total. The van der Waals surface area contributed by atoms with Crippen molar-refractivity contribution in [1.82, 2.24) is 4.98 Å². The summed E-state index contributed by atoms with van der Waals surface area (Å²) in [6.45, 7) is 1.63. The van der Waals surface area contributed by atoms with E-state index in [1.54, 1.807) is 31.2 Å². The van der Waals surface area contributed by atoms with Crippen molar-refractivity contribution in [2.45, 2.75) is 6.92 Å². The van der Waals surface area contributed by atoms with Crippen LogP contribution < -0.4 is 11.3 Å². The SMILES string of the molecule is Cc1[nH]c(=O)c(C(N)=O)c2c1C(=O)c1ccccc1-2. The maximum Gasteiger partial charge on any atom is 0.261 e. The highest BCUT2D eigenvalue weighted by Gasteiger charge is 2.33. The number of hydrogen-bond acceptors (Lipinski definition) is 3. The molecule has 0 atom stereocenters. The molecule has 5 heteroatoms. The number of pyridine rings is 1. The Hall–Kier alpha value is -2.69. The van der Waals surface area contributed by atoms with Gasteiger partial charge in [-0.25, -0.2) is 0 Å². The smallest absolute Gasteiger partial charge is 0.261 e. The van der Waals surface area contributed by atoms with Crippen LogP contribution >= 0.6 is 0 Å². The van der Waals surface area contributed by atoms with Crippen LogP contribution in [-0.2, 0) is 0 Å². The van der Waals surface area contributed by atoms with E-state index in [1.807, 2.05) is 0 Å². The van der Waals surface area contributed by atoms with Crippen molar-refractivity contribution >= 4 is 11.7 Å². The Bertz CT molecular complexity index is 803. The number of carbonyl (C=O) groups excluding carboxylic acids is 2. The van der Waals surface area contributed by atoms with Gasteiger partial charge in [0.2, 0.25) is 0 Å². The van der Waals surface area contributed by atoms with E-state index in [9.17, 15) is 14.4 Å². The normalized spacial score (nSPS) is 12.2. The molecule has 1 aromatic carbocycles. The molecule has 19 heavy (non-hydrogen) atoms. The molecule has 0 bridgehead atoms. The summed E-state index contributed by atoms with van der Waals surface area (Å²) in [6.07, 6.45) is 0. The summed E-state index contributed by atoms with van der Waals surface area (Å²) < 4.78 is 0. The van der Waals surface area contributed by atoms with E-state index in [1.165, 1.54) is 0 Å². The first-order valence-electron chi connectivity index (χ1n) is 5.73. The van der Waals surface area contributed by atoms with Crippen molar-refractivity contribution < 1.29 is 9.59 Å². The van der Waals surface area contributed by atoms with Crippen LogP contribution in [0.2, 0.25) is 0 Å². The summed E-state index contributed by atoms with van der Waals surface area (Å²) >= 11 is 0. The van der Waals surface area contributed by atoms with Crippen molar-refractivity contribution in [2.75, 3.05) is 0 Å². The van der Waals surface area contributed by atoms with E-state index in [-0.39, 0.29) is 11.3 Å². The summed E-state index contributed by atoms with van der Waals surface area (Å²) in [7, 11) is 0. The monoisotopic (exact) mass is 254 g/mol. The largest absolute Gasteiger partial charge is 0.365 e. The number of aromatic amines is 1. The molecule has 0 fully saturated rings. The van der Waals surface area contributed by atoms with Crippen molar-refractivity contribution in [1.29, 1.82) is 0 Å². The molecular weight excluding hydrogens is 244 g/mol. The number of fused-ring (bicyclic) bond motifs is 3. The van der Waals surface area contributed by atoms with Gasteiger partial charge in [-0.05, 0) is 12.5 Å². The summed E-state index contributed by atoms with van der Waals surface area (Å²) in [5, 5.41) is 0. The van der Waals surface area contributed by atoms with E-state index in [4.69, 9.17) is 5.73 Å². The minimum absolute atomic E-state index is 0.154. The Morgan fingerprint density at radius 1 is 1.11 bits per heavy atom. The maximum absolute atomic E-state index is 12.3. The van der Waals surface area contributed by atoms with Gasteiger partial charge in [0.25, 0.3) is 11.5 Å². The molecule has 0 spiro atoms. The van der Waals surface area contributed by atoms with E-state index in [2.05, 4.69) is 4.98 Å². The number of nitrogens with one attached hydrogen (secondary N) is 1. The number of hydrogen-bond donors (Lipinski definition) is 2. The lowest BCUT2D eigenvalue weighted by Crippen LogP contribution is -2.26. The van der Waals surface area contributed by atoms with Gasteiger partial charge < -0.3 is 10.7 Å². The Labute approximate surface area is 108 Å². The Morgan fingerprint density at radius 2 is 1.74 bits per heavy atom. The number of aryl methyl sites for hydroxylation is 1. The lowest BCUT2D eigenvalue weighted by Gasteiger charge is -2.07. The first kappa shape index (κ1) is 11.4. The zero-order valence-corrected chi connectivity index (χ0v) is 10.1. The second-order valence-electron chi connectivity index (χ2n) is 4.44. The van der Waals surface area contributed by atoms with Crippen molar-refractivity contribution in [3.05, 3.63) is 57.0 Å². The molecule has 1 aromatic heterocycles. The van der Waals surface area contributed by atoms with Gasteiger partial charge in [-0.2, -0.15) is 0 Å². The molecule has 0 unspecified atom stereocenters. The topological polar surface area (TPSA) is 93.0 Å². The van der Waals surface area contributed by atoms with Crippen LogP contribution in [0, 0.1) is 6.92 Å². The summed E-state index contributed by atoms with van der Waals surface area (Å²) in [6, 6.07) is 6.88. The van der Waals surface area contributed by atoms with Gasteiger partial charge in [-0.15, -0.1) is 0 Å². The first-order chi connectivity index (χ1) is 9.02. The molecule has 1 amide bonds. The molecule has 0 saturated carbocycles. The third kappa shape index (κ3) is 1.38. The van der Waals surface area contributed by atoms with E-state index in [0.29, 0.717) is 27.9 Å². The summed E-state index contributed by atoms with van der Waals surface area (Å²) in [5.41, 5.74) is 6.79. The van der Waals surface area contributed by atoms with Gasteiger partial charge in [0.1, 0.15) is 5.56 Å². The number of aromatic nitrogens is 1. The molecule has 0 radical (unpaired) electrons. The standard InChI is InChI=1S/C14H10N2O3/c1-6-9-10(11(13(15)18)14(19)16-6)7-4-2-3-5-8(7)12(9)17/h2-5H,1H3,(H2,15,18)(H,16,19). The quantitative estimate of drug-likeness (QED) is 0.678. The highest BCUT2D eigenvalue weighted by Crippen LogP contribution is 2.38. The third-order valence-electron chi connectivity index (χ3n) is 3.32. The Kier molecular flexibility index (Phi) is 2.19. The molecule has 1 aliphatic rings. The number of nitrogens with two attached hydrogens (primary N) is 1. The predicted molar refractivity (Wildman–Crippen MR) is 69.2 cm³/mol. The fourth-order valence-corrected chi connectivity index (χ4v) is 2.54. The van der Waals surface area contributed by atoms with Gasteiger partial charge in [0, 0.05) is 16.8 Å². The molecule has 3 rings (SSSR count). The number of ketones is 1. The van der Waals surface area contributed by atoms with Gasteiger partial charge in [-0.1, -0.05) is 24.3 Å². The summed E-state index contributed by atoms with van der Waals surface area (Å²) in [5.74, 6) is -1.02. The molecule has 0 aliphatic heterocycles. The highest BCUT2D eigenvalue weighted by molar-refractivity contribution is 6.24. The number of H-pyrrole nitrogens is 1. The average Bonchev–Trinajstić information content (AvgIpc) is 2.64. The number of rotatable bonds is 1. The Morgan fingerprint density at radius 3 is 2.37 bits per heavy atom. The molecule has 0 saturated heterocycles. The van der Waals surface area contributed by atoms with Crippen LogP contribution in [0.1, 0.15) is 32.0 Å². The van der Waals surface area contributed by atoms with E-state index < -0.39 is 11.5 Å². The van der Waals surface area contributed by atoms with Crippen LogP contribution in [0.5, 0.6) is 0 Å². The number of benzene rings is 1. The fourth-order valence-electron chi connectivity index (χ4n) is 2.54. The van der Waals surface area contributed by atoms with Crippen LogP contribution in [0.15, 0.2) is 29.1 Å². The van der Waals surface area contributed by atoms with E-state index in [0.717, 1.165) is 0 Å². The predicted octanol–water partition coefficient (Wildman–Crippen LogP) is 0.994. The van der Waals surface area contributed by atoms with Crippen LogP contribution in [0.4, 0.5) is 0 Å². The molecule has 3 N–H and O–H groups in total. The first-order valence-corrected chi connectivity index (χ1v) is 5.73. The zero-order valence-electron chi connectivity index (χ0n) is 10.1. The Balaban J connectivity index is 2.54. The average molecular weight is 254 g/mol. The van der Waals surface area contributed by atoms with Gasteiger partial charge in [0.15, 0.2) is 5.78 Å². The number of amides is 1. The van der Waals surface area contributed by atoms with Gasteiger partial charge in [0.05, 0.1) is 5.56 Å². The molecule has 94 valence electrons. The molecule has 1 heterocycles. The number of carbonyl (C=O) groups is 2. The molecule has 2 aromatic rings. The maximum atomic E-state index is 12.3. The second-order valence-corrected chi connectivity index (χ2v) is 4.44. The van der Waals surface area contributed by atoms with Crippen LogP contribution in [0.25, 0.3) is 11.1 Å². The van der Waals surface area contributed by atoms with Crippen molar-refractivity contribution in [2.24, 2.45) is 5.73 Å². The minimum atomic E-state index is -0.831. The van der Waals surface area contributed by atoms with Crippen molar-refractivity contribution in [3.8, 4) is 11.1 Å². The third-order valence-corrected chi connectivity index (χ3v) is 3.32. The van der Waals surface area contributed by atoms with Crippen LogP contribution in [0.3, 0.4) is 0 Å². The summed E-state index contributed by atoms with van der Waals surface area (Å²) in [4.78, 5) is 38.2.